The van der Waals surface area contributed by atoms with Crippen molar-refractivity contribution in [3.63, 3.8) is 0 Å². The first-order valence-electron chi connectivity index (χ1n) is 6.11. The Morgan fingerprint density at radius 2 is 2.05 bits per heavy atom. The third kappa shape index (κ3) is 3.12. The van der Waals surface area contributed by atoms with Crippen molar-refractivity contribution in [2.75, 3.05) is 11.4 Å². The van der Waals surface area contributed by atoms with Crippen LogP contribution in [-0.4, -0.2) is 22.6 Å². The molecule has 0 saturated heterocycles. The monoisotopic (exact) mass is 276 g/mol. The molecule has 0 bridgehead atoms. The van der Waals surface area contributed by atoms with Crippen LogP contribution in [0, 0.1) is 6.92 Å². The van der Waals surface area contributed by atoms with E-state index in [1.807, 2.05) is 25.1 Å². The number of nitrogens with zero attached hydrogens (tertiary/aromatic N) is 2. The maximum atomic E-state index is 11.1. The number of rotatable bonds is 5. The van der Waals surface area contributed by atoms with Crippen LogP contribution in [0.4, 0.5) is 5.13 Å². The van der Waals surface area contributed by atoms with Crippen LogP contribution in [0.3, 0.4) is 0 Å². The number of carboxylic acid groups (broad SMARTS) is 1. The van der Waals surface area contributed by atoms with E-state index >= 15 is 0 Å². The minimum atomic E-state index is -0.906. The molecule has 2 rings (SSSR count). The lowest BCUT2D eigenvalue weighted by Gasteiger charge is -2.19. The molecular formula is C14H16N2O2S. The van der Waals surface area contributed by atoms with E-state index in [2.05, 4.69) is 22.0 Å². The lowest BCUT2D eigenvalue weighted by Crippen LogP contribution is -2.21. The molecule has 1 aromatic heterocycles. The Hall–Kier alpha value is -1.88. The van der Waals surface area contributed by atoms with Crippen LogP contribution in [0.1, 0.15) is 27.9 Å². The van der Waals surface area contributed by atoms with Crippen LogP contribution in [0.15, 0.2) is 30.3 Å². The summed E-state index contributed by atoms with van der Waals surface area (Å²) in [6.07, 6.45) is 0. The molecule has 5 heteroatoms. The highest BCUT2D eigenvalue weighted by Gasteiger charge is 2.17. The van der Waals surface area contributed by atoms with Crippen molar-refractivity contribution >= 4 is 22.4 Å². The van der Waals surface area contributed by atoms with E-state index in [-0.39, 0.29) is 0 Å². The minimum Gasteiger partial charge on any atom is -0.477 e. The molecule has 0 unspecified atom stereocenters. The van der Waals surface area contributed by atoms with Gasteiger partial charge in [0.25, 0.3) is 0 Å². The standard InChI is InChI=1S/C14H16N2O2S/c1-3-16(9-11-7-5-4-6-8-11)14-15-10(2)12(19-14)13(17)18/h4-8H,3,9H2,1-2H3,(H,17,18). The molecule has 0 radical (unpaired) electrons. The quantitative estimate of drug-likeness (QED) is 0.911. The molecule has 1 aromatic carbocycles. The molecule has 0 spiro atoms. The molecule has 1 N–H and O–H groups in total. The maximum Gasteiger partial charge on any atom is 0.347 e. The lowest BCUT2D eigenvalue weighted by atomic mass is 10.2. The highest BCUT2D eigenvalue weighted by Crippen LogP contribution is 2.27. The molecule has 0 atom stereocenters. The summed E-state index contributed by atoms with van der Waals surface area (Å²) in [5.74, 6) is -0.906. The first-order valence-corrected chi connectivity index (χ1v) is 6.93. The van der Waals surface area contributed by atoms with Gasteiger partial charge in [0.15, 0.2) is 5.13 Å². The number of aromatic carboxylic acids is 1. The second kappa shape index (κ2) is 5.84. The number of hydrogen-bond donors (Lipinski definition) is 1. The predicted octanol–water partition coefficient (Wildman–Crippen LogP) is 3.18. The SMILES string of the molecule is CCN(Cc1ccccc1)c1nc(C)c(C(=O)O)s1. The summed E-state index contributed by atoms with van der Waals surface area (Å²) < 4.78 is 0. The van der Waals surface area contributed by atoms with Gasteiger partial charge in [0.05, 0.1) is 5.69 Å². The maximum absolute atomic E-state index is 11.1. The first kappa shape index (κ1) is 13.5. The van der Waals surface area contributed by atoms with Crippen molar-refractivity contribution < 1.29 is 9.90 Å². The van der Waals surface area contributed by atoms with Crippen molar-refractivity contribution in [1.29, 1.82) is 0 Å². The van der Waals surface area contributed by atoms with E-state index in [9.17, 15) is 4.79 Å². The second-order valence-electron chi connectivity index (χ2n) is 4.22. The molecule has 4 nitrogen and oxygen atoms in total. The van der Waals surface area contributed by atoms with Gasteiger partial charge in [-0.2, -0.15) is 0 Å². The normalized spacial score (nSPS) is 10.4. The van der Waals surface area contributed by atoms with Crippen LogP contribution < -0.4 is 4.90 Å². The van der Waals surface area contributed by atoms with Gasteiger partial charge in [0.1, 0.15) is 4.88 Å². The summed E-state index contributed by atoms with van der Waals surface area (Å²) in [6.45, 7) is 5.31. The zero-order chi connectivity index (χ0) is 13.8. The Labute approximate surface area is 116 Å². The van der Waals surface area contributed by atoms with Gasteiger partial charge in [-0.25, -0.2) is 9.78 Å². The number of carbonyl (C=O) groups is 1. The topological polar surface area (TPSA) is 53.4 Å². The number of carboxylic acids is 1. The van der Waals surface area contributed by atoms with Gasteiger partial charge in [-0.1, -0.05) is 41.7 Å². The fraction of sp³-hybridized carbons (Fsp3) is 0.286. The number of aryl methyl sites for hydroxylation is 1. The van der Waals surface area contributed by atoms with Gasteiger partial charge in [-0.3, -0.25) is 0 Å². The van der Waals surface area contributed by atoms with Gasteiger partial charge in [-0.15, -0.1) is 0 Å². The fourth-order valence-corrected chi connectivity index (χ4v) is 2.80. The summed E-state index contributed by atoms with van der Waals surface area (Å²) >= 11 is 1.23. The first-order chi connectivity index (χ1) is 9.11. The van der Waals surface area contributed by atoms with Gasteiger partial charge in [0.2, 0.25) is 0 Å². The van der Waals surface area contributed by atoms with E-state index in [0.717, 1.165) is 18.2 Å². The zero-order valence-corrected chi connectivity index (χ0v) is 11.8. The molecule has 1 heterocycles. The molecule has 19 heavy (non-hydrogen) atoms. The van der Waals surface area contributed by atoms with Crippen molar-refractivity contribution in [3.05, 3.63) is 46.5 Å². The average molecular weight is 276 g/mol. The molecule has 0 aliphatic rings. The Balaban J connectivity index is 2.22. The lowest BCUT2D eigenvalue weighted by molar-refractivity contribution is 0.0701. The highest BCUT2D eigenvalue weighted by molar-refractivity contribution is 7.17. The Bertz CT molecular complexity index is 566. The number of benzene rings is 1. The molecule has 0 aliphatic carbocycles. The van der Waals surface area contributed by atoms with Crippen LogP contribution in [0.5, 0.6) is 0 Å². The van der Waals surface area contributed by atoms with E-state index in [4.69, 9.17) is 5.11 Å². The van der Waals surface area contributed by atoms with Crippen LogP contribution in [-0.2, 0) is 6.54 Å². The van der Waals surface area contributed by atoms with Crippen molar-refractivity contribution in [3.8, 4) is 0 Å². The predicted molar refractivity (Wildman–Crippen MR) is 77.0 cm³/mol. The number of hydrogen-bond acceptors (Lipinski definition) is 4. The molecular weight excluding hydrogens is 260 g/mol. The second-order valence-corrected chi connectivity index (χ2v) is 5.19. The molecule has 2 aromatic rings. The van der Waals surface area contributed by atoms with Crippen LogP contribution in [0.2, 0.25) is 0 Å². The van der Waals surface area contributed by atoms with Gasteiger partial charge < -0.3 is 10.0 Å². The Morgan fingerprint density at radius 3 is 2.58 bits per heavy atom. The zero-order valence-electron chi connectivity index (χ0n) is 11.0. The average Bonchev–Trinajstić information content (AvgIpc) is 2.79. The Kier molecular flexibility index (Phi) is 4.16. The molecule has 0 saturated carbocycles. The van der Waals surface area contributed by atoms with Gasteiger partial charge >= 0.3 is 5.97 Å². The summed E-state index contributed by atoms with van der Waals surface area (Å²) in [5, 5.41) is 9.84. The van der Waals surface area contributed by atoms with Crippen molar-refractivity contribution in [2.24, 2.45) is 0 Å². The van der Waals surface area contributed by atoms with E-state index in [1.54, 1.807) is 6.92 Å². The molecule has 0 amide bonds. The fourth-order valence-electron chi connectivity index (χ4n) is 1.83. The van der Waals surface area contributed by atoms with Crippen molar-refractivity contribution in [2.45, 2.75) is 20.4 Å². The largest absolute Gasteiger partial charge is 0.477 e. The van der Waals surface area contributed by atoms with Gasteiger partial charge in [-0.05, 0) is 19.4 Å². The summed E-state index contributed by atoms with van der Waals surface area (Å²) in [4.78, 5) is 17.8. The Morgan fingerprint density at radius 1 is 1.37 bits per heavy atom. The molecule has 0 fully saturated rings. The minimum absolute atomic E-state index is 0.321. The third-order valence-corrected chi connectivity index (χ3v) is 4.05. The number of aromatic nitrogens is 1. The summed E-state index contributed by atoms with van der Waals surface area (Å²) in [6, 6.07) is 10.1. The highest BCUT2D eigenvalue weighted by atomic mass is 32.1. The van der Waals surface area contributed by atoms with E-state index in [0.29, 0.717) is 10.6 Å². The molecule has 100 valence electrons. The van der Waals surface area contributed by atoms with Gasteiger partial charge in [0, 0.05) is 13.1 Å². The summed E-state index contributed by atoms with van der Waals surface area (Å²) in [7, 11) is 0. The van der Waals surface area contributed by atoms with E-state index in [1.165, 1.54) is 16.9 Å². The smallest absolute Gasteiger partial charge is 0.347 e. The number of anilines is 1. The number of thiazole rings is 1. The summed E-state index contributed by atoms with van der Waals surface area (Å²) in [5.41, 5.74) is 1.77. The molecule has 0 aliphatic heterocycles. The van der Waals surface area contributed by atoms with Crippen molar-refractivity contribution in [1.82, 2.24) is 4.98 Å². The van der Waals surface area contributed by atoms with Crippen LogP contribution in [0.25, 0.3) is 0 Å². The van der Waals surface area contributed by atoms with E-state index < -0.39 is 5.97 Å². The van der Waals surface area contributed by atoms with Crippen LogP contribution >= 0.6 is 11.3 Å². The third-order valence-electron chi connectivity index (χ3n) is 2.85.